The smallest absolute Gasteiger partial charge is 0.267 e. The molecule has 1 amide bonds. The maximum atomic E-state index is 12.3. The Morgan fingerprint density at radius 3 is 2.55 bits per heavy atom. The first-order valence-electron chi connectivity index (χ1n) is 10.7. The zero-order valence-electron chi connectivity index (χ0n) is 18.3. The van der Waals surface area contributed by atoms with Crippen molar-refractivity contribution in [3.05, 3.63) is 78.9 Å². The van der Waals surface area contributed by atoms with Gasteiger partial charge in [0, 0.05) is 46.2 Å². The average Bonchev–Trinajstić information content (AvgIpc) is 3.49. The molecule has 164 valence electrons. The highest BCUT2D eigenvalue weighted by Crippen LogP contribution is 2.25. The summed E-state index contributed by atoms with van der Waals surface area (Å²) in [7, 11) is 0. The summed E-state index contributed by atoms with van der Waals surface area (Å²) in [6.07, 6.45) is 5.38. The van der Waals surface area contributed by atoms with Gasteiger partial charge in [-0.3, -0.25) is 9.89 Å². The first-order chi connectivity index (χ1) is 16.0. The fourth-order valence-electron chi connectivity index (χ4n) is 3.60. The van der Waals surface area contributed by atoms with E-state index in [1.54, 1.807) is 12.4 Å². The number of hydrogen-bond acceptors (Lipinski definition) is 5. The van der Waals surface area contributed by atoms with Crippen LogP contribution in [-0.2, 0) is 0 Å². The number of nitrogens with zero attached hydrogens (tertiary/aromatic N) is 3. The molecule has 0 unspecified atom stereocenters. The maximum Gasteiger partial charge on any atom is 0.267 e. The SMILES string of the molecule is CC(C)NC(=O)c1cc2ccc(-c3nccc(Nc4ccc(-c5cn[nH]c5)cc4)n3)cc2[nH]1. The largest absolute Gasteiger partial charge is 0.351 e. The Balaban J connectivity index is 1.36. The van der Waals surface area contributed by atoms with Gasteiger partial charge in [0.15, 0.2) is 5.82 Å². The second-order valence-corrected chi connectivity index (χ2v) is 8.07. The van der Waals surface area contributed by atoms with Crippen LogP contribution in [-0.4, -0.2) is 37.1 Å². The van der Waals surface area contributed by atoms with Crippen LogP contribution in [0.25, 0.3) is 33.4 Å². The number of aromatic nitrogens is 5. The second-order valence-electron chi connectivity index (χ2n) is 8.07. The van der Waals surface area contributed by atoms with E-state index < -0.39 is 0 Å². The molecule has 5 rings (SSSR count). The van der Waals surface area contributed by atoms with Crippen molar-refractivity contribution in [3.8, 4) is 22.5 Å². The van der Waals surface area contributed by atoms with Gasteiger partial charge in [-0.2, -0.15) is 5.10 Å². The second kappa shape index (κ2) is 8.58. The number of rotatable bonds is 6. The molecule has 5 aromatic rings. The lowest BCUT2D eigenvalue weighted by molar-refractivity contribution is 0.0939. The fraction of sp³-hybridized carbons (Fsp3) is 0.120. The Bertz CT molecular complexity index is 1400. The molecule has 33 heavy (non-hydrogen) atoms. The van der Waals surface area contributed by atoms with E-state index in [9.17, 15) is 4.79 Å². The lowest BCUT2D eigenvalue weighted by Crippen LogP contribution is -2.30. The van der Waals surface area contributed by atoms with Gasteiger partial charge in [0.05, 0.1) is 6.20 Å². The van der Waals surface area contributed by atoms with Crippen LogP contribution < -0.4 is 10.6 Å². The number of amides is 1. The number of benzene rings is 2. The third-order valence-corrected chi connectivity index (χ3v) is 5.19. The van der Waals surface area contributed by atoms with E-state index in [0.717, 1.165) is 33.3 Å². The molecule has 0 saturated carbocycles. The minimum atomic E-state index is -0.121. The highest BCUT2D eigenvalue weighted by Gasteiger charge is 2.12. The molecule has 0 spiro atoms. The standard InChI is InChI=1S/C25H23N7O/c1-15(2)29-25(33)22-11-17-3-4-18(12-21(17)31-22)24-26-10-9-23(32-24)30-20-7-5-16(6-8-20)19-13-27-28-14-19/h3-15,31H,1-2H3,(H,27,28)(H,29,33)(H,26,30,32). The first kappa shape index (κ1) is 20.4. The minimum Gasteiger partial charge on any atom is -0.351 e. The summed E-state index contributed by atoms with van der Waals surface area (Å²) in [6.45, 7) is 3.87. The lowest BCUT2D eigenvalue weighted by Gasteiger charge is -2.08. The molecule has 0 fully saturated rings. The fourth-order valence-corrected chi connectivity index (χ4v) is 3.60. The molecular weight excluding hydrogens is 414 g/mol. The van der Waals surface area contributed by atoms with Crippen molar-refractivity contribution in [2.24, 2.45) is 0 Å². The normalized spacial score (nSPS) is 11.1. The van der Waals surface area contributed by atoms with E-state index in [4.69, 9.17) is 0 Å². The molecule has 0 bridgehead atoms. The summed E-state index contributed by atoms with van der Waals surface area (Å²) in [6, 6.07) is 17.7. The van der Waals surface area contributed by atoms with Gasteiger partial charge < -0.3 is 15.6 Å². The number of H-pyrrole nitrogens is 2. The van der Waals surface area contributed by atoms with Crippen molar-refractivity contribution in [2.45, 2.75) is 19.9 Å². The third kappa shape index (κ3) is 4.45. The molecule has 3 aromatic heterocycles. The zero-order chi connectivity index (χ0) is 22.8. The highest BCUT2D eigenvalue weighted by molar-refractivity contribution is 5.98. The quantitative estimate of drug-likeness (QED) is 0.302. The predicted octanol–water partition coefficient (Wildman–Crippen LogP) is 4.90. The van der Waals surface area contributed by atoms with E-state index in [1.807, 2.05) is 74.6 Å². The Morgan fingerprint density at radius 1 is 0.970 bits per heavy atom. The van der Waals surface area contributed by atoms with Gasteiger partial charge in [0.25, 0.3) is 5.91 Å². The minimum absolute atomic E-state index is 0.0740. The van der Waals surface area contributed by atoms with Crippen molar-refractivity contribution in [1.82, 2.24) is 30.5 Å². The van der Waals surface area contributed by atoms with Gasteiger partial charge in [-0.05, 0) is 49.7 Å². The number of fused-ring (bicyclic) bond motifs is 1. The molecule has 4 N–H and O–H groups in total. The van der Waals surface area contributed by atoms with Gasteiger partial charge in [-0.15, -0.1) is 0 Å². The third-order valence-electron chi connectivity index (χ3n) is 5.19. The van der Waals surface area contributed by atoms with Crippen LogP contribution in [0.3, 0.4) is 0 Å². The van der Waals surface area contributed by atoms with Gasteiger partial charge >= 0.3 is 0 Å². The van der Waals surface area contributed by atoms with Crippen molar-refractivity contribution in [1.29, 1.82) is 0 Å². The number of carbonyl (C=O) groups is 1. The van der Waals surface area contributed by atoms with Crippen LogP contribution in [0.1, 0.15) is 24.3 Å². The van der Waals surface area contributed by atoms with Crippen LogP contribution in [0, 0.1) is 0 Å². The average molecular weight is 438 g/mol. The number of anilines is 2. The summed E-state index contributed by atoms with van der Waals surface area (Å²) >= 11 is 0. The monoisotopic (exact) mass is 437 g/mol. The van der Waals surface area contributed by atoms with E-state index in [1.165, 1.54) is 0 Å². The van der Waals surface area contributed by atoms with E-state index in [2.05, 4.69) is 35.8 Å². The lowest BCUT2D eigenvalue weighted by atomic mass is 10.1. The molecule has 0 atom stereocenters. The molecule has 8 heteroatoms. The van der Waals surface area contributed by atoms with Crippen molar-refractivity contribution < 1.29 is 4.79 Å². The Hall–Kier alpha value is -4.46. The molecule has 8 nitrogen and oxygen atoms in total. The Morgan fingerprint density at radius 2 is 1.79 bits per heavy atom. The first-order valence-corrected chi connectivity index (χ1v) is 10.7. The maximum absolute atomic E-state index is 12.3. The molecule has 3 heterocycles. The van der Waals surface area contributed by atoms with E-state index in [0.29, 0.717) is 17.3 Å². The van der Waals surface area contributed by atoms with Crippen LogP contribution in [0.15, 0.2) is 73.2 Å². The molecule has 2 aromatic carbocycles. The van der Waals surface area contributed by atoms with Crippen LogP contribution in [0.2, 0.25) is 0 Å². The van der Waals surface area contributed by atoms with Gasteiger partial charge in [0.1, 0.15) is 11.5 Å². The summed E-state index contributed by atoms with van der Waals surface area (Å²) in [5.41, 5.74) is 5.30. The summed E-state index contributed by atoms with van der Waals surface area (Å²) < 4.78 is 0. The summed E-state index contributed by atoms with van der Waals surface area (Å²) in [5, 5.41) is 14.0. The molecular formula is C25H23N7O. The van der Waals surface area contributed by atoms with Crippen LogP contribution in [0.5, 0.6) is 0 Å². The van der Waals surface area contributed by atoms with E-state index >= 15 is 0 Å². The summed E-state index contributed by atoms with van der Waals surface area (Å²) in [5.74, 6) is 1.17. The van der Waals surface area contributed by atoms with Crippen molar-refractivity contribution in [2.75, 3.05) is 5.32 Å². The summed E-state index contributed by atoms with van der Waals surface area (Å²) in [4.78, 5) is 24.6. The van der Waals surface area contributed by atoms with Crippen LogP contribution in [0.4, 0.5) is 11.5 Å². The molecule has 0 saturated heterocycles. The number of nitrogens with one attached hydrogen (secondary N) is 4. The Kier molecular flexibility index (Phi) is 5.32. The number of hydrogen-bond donors (Lipinski definition) is 4. The molecule has 0 aliphatic rings. The predicted molar refractivity (Wildman–Crippen MR) is 129 cm³/mol. The molecule has 0 aliphatic heterocycles. The zero-order valence-corrected chi connectivity index (χ0v) is 18.3. The molecule has 0 radical (unpaired) electrons. The molecule has 0 aliphatic carbocycles. The highest BCUT2D eigenvalue weighted by atomic mass is 16.1. The Labute approximate surface area is 190 Å². The number of aromatic amines is 2. The van der Waals surface area contributed by atoms with Crippen LogP contribution >= 0.6 is 0 Å². The van der Waals surface area contributed by atoms with Crippen molar-refractivity contribution in [3.63, 3.8) is 0 Å². The van der Waals surface area contributed by atoms with Gasteiger partial charge in [0.2, 0.25) is 0 Å². The number of carbonyl (C=O) groups excluding carboxylic acids is 1. The van der Waals surface area contributed by atoms with Gasteiger partial charge in [-0.25, -0.2) is 9.97 Å². The van der Waals surface area contributed by atoms with E-state index in [-0.39, 0.29) is 11.9 Å². The van der Waals surface area contributed by atoms with Crippen molar-refractivity contribution >= 4 is 28.3 Å². The topological polar surface area (TPSA) is 111 Å². The van der Waals surface area contributed by atoms with Gasteiger partial charge in [-0.1, -0.05) is 24.3 Å².